The van der Waals surface area contributed by atoms with Crippen LogP contribution in [0.4, 0.5) is 0 Å². The van der Waals surface area contributed by atoms with Gasteiger partial charge in [-0.15, -0.1) is 0 Å². The molecular formula is C46H82O7Si3. The van der Waals surface area contributed by atoms with Crippen LogP contribution in [0.3, 0.4) is 0 Å². The summed E-state index contributed by atoms with van der Waals surface area (Å²) in [6.07, 6.45) is 22.9. The lowest BCUT2D eigenvalue weighted by atomic mass is 9.95. The van der Waals surface area contributed by atoms with Crippen molar-refractivity contribution in [1.29, 1.82) is 0 Å². The van der Waals surface area contributed by atoms with Crippen LogP contribution in [-0.2, 0) is 27.6 Å². The molecule has 0 aromatic heterocycles. The van der Waals surface area contributed by atoms with Crippen LogP contribution >= 0.6 is 0 Å². The molecule has 0 spiro atoms. The molecule has 0 fully saturated rings. The minimum Gasteiger partial charge on any atom is -0.478 e. The Morgan fingerprint density at radius 3 is 2.02 bits per heavy atom. The Bertz CT molecular complexity index is 1380. The molecule has 1 aliphatic rings. The van der Waals surface area contributed by atoms with Gasteiger partial charge in [0.15, 0.2) is 16.6 Å². The van der Waals surface area contributed by atoms with Gasteiger partial charge in [-0.3, -0.25) is 0 Å². The van der Waals surface area contributed by atoms with Crippen molar-refractivity contribution >= 4 is 36.9 Å². The molecule has 0 saturated heterocycles. The number of esters is 1. The summed E-state index contributed by atoms with van der Waals surface area (Å²) in [6.45, 7) is 38.3. The van der Waals surface area contributed by atoms with E-state index in [9.17, 15) is 9.59 Å². The van der Waals surface area contributed by atoms with Gasteiger partial charge in [0.2, 0.25) is 8.32 Å². The summed E-state index contributed by atoms with van der Waals surface area (Å²) in [7, 11) is -6.39. The molecule has 0 saturated carbocycles. The number of ether oxygens (including phenoxy) is 1. The summed E-state index contributed by atoms with van der Waals surface area (Å²) < 4.78 is 27.9. The molecule has 0 radical (unpaired) electrons. The third kappa shape index (κ3) is 18.2. The lowest BCUT2D eigenvalue weighted by Gasteiger charge is -2.46. The average Bonchev–Trinajstić information content (AvgIpc) is 3.04. The summed E-state index contributed by atoms with van der Waals surface area (Å²) in [5, 5.41) is 9.14. The normalized spacial score (nSPS) is 23.2. The maximum atomic E-state index is 13.2. The zero-order valence-corrected chi connectivity index (χ0v) is 41.5. The molecule has 10 heteroatoms. The molecule has 1 aliphatic heterocycles. The van der Waals surface area contributed by atoms with E-state index < -0.39 is 37.0 Å². The number of hydrogen-bond acceptors (Lipinski definition) is 6. The van der Waals surface area contributed by atoms with Crippen molar-refractivity contribution in [2.45, 2.75) is 200 Å². The molecule has 0 unspecified atom stereocenters. The molecule has 1 heterocycles. The topological polar surface area (TPSA) is 91.3 Å². The van der Waals surface area contributed by atoms with E-state index in [1.807, 2.05) is 26.0 Å². The maximum Gasteiger partial charge on any atom is 0.330 e. The summed E-state index contributed by atoms with van der Waals surface area (Å²) >= 11 is 0. The van der Waals surface area contributed by atoms with Gasteiger partial charge in [-0.1, -0.05) is 129 Å². The van der Waals surface area contributed by atoms with E-state index in [0.29, 0.717) is 29.5 Å². The van der Waals surface area contributed by atoms with Crippen LogP contribution in [0.15, 0.2) is 71.9 Å². The third-order valence-corrected chi connectivity index (χ3v) is 22.9. The lowest BCUT2D eigenvalue weighted by Crippen LogP contribution is -2.53. The first-order chi connectivity index (χ1) is 25.7. The molecule has 1 N–H and O–H groups in total. The van der Waals surface area contributed by atoms with Crippen molar-refractivity contribution in [3.8, 4) is 0 Å². The standard InChI is InChI=1S/C46H82O7Si3/c1-34(2)56(35(3)4,36(5)6)53-42-30-29-40(51-55(16,17)46(10,11)12)25-21-19-23-27-45(49)50-43(39(9)32-38(8)28-31-44(47)48)33-37(7)24-20-18-22-26-41(42)52-54(13,14)15/h18,20,23-24,27-32,34-36,39-43H,19,21-22,25-26,33H2,1-17H3,(H,47,48)/t39-,40-,41-,42-,43-/m1/s1. The van der Waals surface area contributed by atoms with Gasteiger partial charge < -0.3 is 23.1 Å². The van der Waals surface area contributed by atoms with Crippen molar-refractivity contribution in [2.24, 2.45) is 5.92 Å². The van der Waals surface area contributed by atoms with E-state index in [-0.39, 0.29) is 35.2 Å². The number of aliphatic carboxylic acids is 1. The minimum atomic E-state index is -2.29. The zero-order chi connectivity index (χ0) is 43.1. The molecule has 0 aromatic rings. The number of carboxylic acid groups (broad SMARTS) is 1. The van der Waals surface area contributed by atoms with Gasteiger partial charge in [0.1, 0.15) is 6.10 Å². The van der Waals surface area contributed by atoms with E-state index in [0.717, 1.165) is 42.9 Å². The van der Waals surface area contributed by atoms with Crippen LogP contribution in [0.2, 0.25) is 54.4 Å². The molecule has 0 aromatic carbocycles. The van der Waals surface area contributed by atoms with E-state index in [1.54, 1.807) is 12.2 Å². The predicted octanol–water partition coefficient (Wildman–Crippen LogP) is 13.3. The predicted molar refractivity (Wildman–Crippen MR) is 245 cm³/mol. The Hall–Kier alpha value is -2.09. The molecule has 0 amide bonds. The highest BCUT2D eigenvalue weighted by molar-refractivity contribution is 6.77. The van der Waals surface area contributed by atoms with Gasteiger partial charge in [-0.25, -0.2) is 9.59 Å². The van der Waals surface area contributed by atoms with Crippen LogP contribution in [0, 0.1) is 5.92 Å². The Balaban J connectivity index is 3.83. The molecular weight excluding hydrogens is 749 g/mol. The van der Waals surface area contributed by atoms with Crippen molar-refractivity contribution < 1.29 is 32.7 Å². The first-order valence-corrected chi connectivity index (χ1v) is 29.7. The Morgan fingerprint density at radius 1 is 0.875 bits per heavy atom. The summed E-state index contributed by atoms with van der Waals surface area (Å²) in [5.74, 6) is -1.50. The zero-order valence-electron chi connectivity index (χ0n) is 38.5. The monoisotopic (exact) mass is 831 g/mol. The van der Waals surface area contributed by atoms with Gasteiger partial charge in [0.05, 0.1) is 18.3 Å². The van der Waals surface area contributed by atoms with Gasteiger partial charge >= 0.3 is 11.9 Å². The fourth-order valence-corrected chi connectivity index (χ4v) is 15.5. The number of rotatable bonds is 13. The summed E-state index contributed by atoms with van der Waals surface area (Å²) in [4.78, 5) is 24.2. The van der Waals surface area contributed by atoms with E-state index in [2.05, 4.69) is 132 Å². The Kier molecular flexibility index (Phi) is 21.8. The van der Waals surface area contributed by atoms with Crippen LogP contribution in [0.25, 0.3) is 0 Å². The molecule has 0 bridgehead atoms. The van der Waals surface area contributed by atoms with Crippen molar-refractivity contribution in [3.05, 3.63) is 71.9 Å². The van der Waals surface area contributed by atoms with Crippen LogP contribution in [0.5, 0.6) is 0 Å². The lowest BCUT2D eigenvalue weighted by molar-refractivity contribution is -0.144. The Morgan fingerprint density at radius 2 is 1.48 bits per heavy atom. The van der Waals surface area contributed by atoms with Crippen molar-refractivity contribution in [1.82, 2.24) is 0 Å². The summed E-state index contributed by atoms with van der Waals surface area (Å²) in [6, 6.07) is 0. The van der Waals surface area contributed by atoms with Crippen molar-refractivity contribution in [2.75, 3.05) is 0 Å². The van der Waals surface area contributed by atoms with Crippen LogP contribution < -0.4 is 0 Å². The SMILES string of the molecule is CC(C=CC(=O)O)=C[C@@H](C)[C@H]1CC(C)=CC=CCC[C@@H](O[Si](C)(C)C)[C@H](O[Si](C(C)C)(C(C)C)C(C)C)C=C[C@H](O[Si](C)(C)C(C)(C)C)CCCC=CC(=O)O1. The molecule has 1 rings (SSSR count). The van der Waals surface area contributed by atoms with E-state index in [4.69, 9.17) is 23.1 Å². The van der Waals surface area contributed by atoms with Crippen LogP contribution in [-0.4, -0.2) is 66.4 Å². The third-order valence-electron chi connectivity index (χ3n) is 11.3. The molecule has 0 aliphatic carbocycles. The number of carbonyl (C=O) groups is 2. The fourth-order valence-electron chi connectivity index (χ4n) is 7.51. The first kappa shape index (κ1) is 51.9. The van der Waals surface area contributed by atoms with Gasteiger partial charge in [0.25, 0.3) is 0 Å². The second kappa shape index (κ2) is 23.5. The van der Waals surface area contributed by atoms with Gasteiger partial charge in [-0.05, 0) is 100 Å². The fraction of sp³-hybridized carbons (Fsp3) is 0.696. The molecule has 56 heavy (non-hydrogen) atoms. The second-order valence-electron chi connectivity index (χ2n) is 19.4. The van der Waals surface area contributed by atoms with Gasteiger partial charge in [-0.2, -0.15) is 0 Å². The highest BCUT2D eigenvalue weighted by atomic mass is 28.4. The highest BCUT2D eigenvalue weighted by Crippen LogP contribution is 2.44. The number of cyclic esters (lactones) is 1. The highest BCUT2D eigenvalue weighted by Gasteiger charge is 2.48. The molecule has 7 nitrogen and oxygen atoms in total. The largest absolute Gasteiger partial charge is 0.478 e. The minimum absolute atomic E-state index is 0.0508. The quantitative estimate of drug-likeness (QED) is 0.0650. The molecule has 5 atom stereocenters. The number of carboxylic acids is 1. The maximum absolute atomic E-state index is 13.2. The first-order valence-electron chi connectivity index (χ1n) is 21.2. The van der Waals surface area contributed by atoms with Gasteiger partial charge in [0, 0.05) is 24.5 Å². The smallest absolute Gasteiger partial charge is 0.330 e. The van der Waals surface area contributed by atoms with E-state index in [1.165, 1.54) is 0 Å². The van der Waals surface area contributed by atoms with E-state index >= 15 is 0 Å². The number of hydrogen-bond donors (Lipinski definition) is 1. The Labute approximate surface area is 346 Å². The van der Waals surface area contributed by atoms with Crippen molar-refractivity contribution in [3.63, 3.8) is 0 Å². The number of carbonyl (C=O) groups excluding carboxylic acids is 1. The molecule has 320 valence electrons. The number of allylic oxidation sites excluding steroid dienone is 6. The second-order valence-corrected chi connectivity index (χ2v) is 34.1. The summed E-state index contributed by atoms with van der Waals surface area (Å²) in [5.41, 5.74) is 3.19. The average molecular weight is 831 g/mol. The van der Waals surface area contributed by atoms with Crippen LogP contribution in [0.1, 0.15) is 122 Å².